The average Bonchev–Trinajstić information content (AvgIpc) is 2.31. The molecule has 0 unspecified atom stereocenters. The van der Waals surface area contributed by atoms with Crippen LogP contribution in [-0.2, 0) is 4.79 Å². The van der Waals surface area contributed by atoms with Crippen LogP contribution in [0.15, 0.2) is 18.2 Å². The molecule has 1 aromatic carbocycles. The van der Waals surface area contributed by atoms with Crippen molar-refractivity contribution in [1.29, 1.82) is 0 Å². The Hall–Kier alpha value is -1.31. The van der Waals surface area contributed by atoms with E-state index in [1.807, 2.05) is 19.1 Å². The van der Waals surface area contributed by atoms with Gasteiger partial charge in [0.25, 0.3) is 0 Å². The number of urea groups is 1. The molecule has 5 nitrogen and oxygen atoms in total. The topological polar surface area (TPSA) is 78.4 Å². The van der Waals surface area contributed by atoms with Crippen LogP contribution in [0.4, 0.5) is 10.5 Å². The molecule has 1 aromatic rings. The molecular formula is C12H15IN2O3. The van der Waals surface area contributed by atoms with Crippen molar-refractivity contribution in [3.05, 3.63) is 27.3 Å². The fraction of sp³-hybridized carbons (Fsp3) is 0.333. The van der Waals surface area contributed by atoms with Crippen LogP contribution in [0.25, 0.3) is 0 Å². The predicted molar refractivity (Wildman–Crippen MR) is 77.8 cm³/mol. The molecule has 98 valence electrons. The molecule has 0 saturated heterocycles. The fourth-order valence-electron chi connectivity index (χ4n) is 1.40. The quantitative estimate of drug-likeness (QED) is 0.721. The first-order valence-corrected chi connectivity index (χ1v) is 6.59. The molecule has 0 bridgehead atoms. The van der Waals surface area contributed by atoms with Gasteiger partial charge in [-0.05, 0) is 53.6 Å². The van der Waals surface area contributed by atoms with Crippen LogP contribution in [0, 0.1) is 10.5 Å². The van der Waals surface area contributed by atoms with Crippen LogP contribution < -0.4 is 10.6 Å². The molecule has 3 N–H and O–H groups in total. The Labute approximate surface area is 119 Å². The lowest BCUT2D eigenvalue weighted by atomic mass is 10.2. The number of benzene rings is 1. The van der Waals surface area contributed by atoms with E-state index in [1.54, 1.807) is 13.0 Å². The monoisotopic (exact) mass is 362 g/mol. The standard InChI is InChI=1S/C12H15IN2O3/c1-3-9(11(16)17)14-12(18)15-10-6-4-5-8(13)7(10)2/h4-6,9H,3H2,1-2H3,(H,16,17)(H2,14,15,18)/t9-/m0/s1. The van der Waals surface area contributed by atoms with Gasteiger partial charge in [-0.1, -0.05) is 13.0 Å². The maximum Gasteiger partial charge on any atom is 0.326 e. The number of nitrogens with one attached hydrogen (secondary N) is 2. The maximum atomic E-state index is 11.7. The number of carboxylic acid groups (broad SMARTS) is 1. The van der Waals surface area contributed by atoms with Gasteiger partial charge in [-0.25, -0.2) is 9.59 Å². The summed E-state index contributed by atoms with van der Waals surface area (Å²) in [5, 5.41) is 13.9. The molecule has 0 aromatic heterocycles. The largest absolute Gasteiger partial charge is 0.480 e. The van der Waals surface area contributed by atoms with Gasteiger partial charge in [0, 0.05) is 9.26 Å². The molecule has 0 aliphatic heterocycles. The predicted octanol–water partition coefficient (Wildman–Crippen LogP) is 2.58. The van der Waals surface area contributed by atoms with E-state index in [-0.39, 0.29) is 0 Å². The van der Waals surface area contributed by atoms with Gasteiger partial charge in [-0.15, -0.1) is 0 Å². The number of rotatable bonds is 4. The second kappa shape index (κ2) is 6.58. The molecule has 2 amide bonds. The molecular weight excluding hydrogens is 347 g/mol. The van der Waals surface area contributed by atoms with E-state index in [1.165, 1.54) is 0 Å². The molecule has 0 radical (unpaired) electrons. The van der Waals surface area contributed by atoms with Crippen LogP contribution in [0.5, 0.6) is 0 Å². The van der Waals surface area contributed by atoms with Crippen molar-refractivity contribution in [2.75, 3.05) is 5.32 Å². The summed E-state index contributed by atoms with van der Waals surface area (Å²) in [7, 11) is 0. The Kier molecular flexibility index (Phi) is 5.39. The van der Waals surface area contributed by atoms with Crippen molar-refractivity contribution in [2.45, 2.75) is 26.3 Å². The number of hydrogen-bond donors (Lipinski definition) is 3. The zero-order valence-electron chi connectivity index (χ0n) is 10.2. The third-order valence-corrected chi connectivity index (χ3v) is 3.70. The summed E-state index contributed by atoms with van der Waals surface area (Å²) in [5.41, 5.74) is 1.64. The third kappa shape index (κ3) is 3.86. The molecule has 0 heterocycles. The Morgan fingerprint density at radius 3 is 2.67 bits per heavy atom. The molecule has 0 spiro atoms. The summed E-state index contributed by atoms with van der Waals surface area (Å²) >= 11 is 2.17. The maximum absolute atomic E-state index is 11.7. The number of halogens is 1. The summed E-state index contributed by atoms with van der Waals surface area (Å²) in [5.74, 6) is -1.04. The van der Waals surface area contributed by atoms with Crippen LogP contribution in [-0.4, -0.2) is 23.1 Å². The number of amides is 2. The van der Waals surface area contributed by atoms with E-state index < -0.39 is 18.0 Å². The molecule has 1 rings (SSSR count). The van der Waals surface area contributed by atoms with Crippen molar-refractivity contribution in [3.63, 3.8) is 0 Å². The van der Waals surface area contributed by atoms with Gasteiger partial charge in [-0.2, -0.15) is 0 Å². The number of carbonyl (C=O) groups is 2. The van der Waals surface area contributed by atoms with Crippen LogP contribution in [0.2, 0.25) is 0 Å². The first kappa shape index (κ1) is 14.7. The smallest absolute Gasteiger partial charge is 0.326 e. The second-order valence-electron chi connectivity index (χ2n) is 3.81. The normalized spacial score (nSPS) is 11.7. The molecule has 18 heavy (non-hydrogen) atoms. The minimum atomic E-state index is -1.04. The zero-order valence-corrected chi connectivity index (χ0v) is 12.3. The summed E-state index contributed by atoms with van der Waals surface area (Å²) in [6.07, 6.45) is 0.341. The molecule has 0 saturated carbocycles. The summed E-state index contributed by atoms with van der Waals surface area (Å²) < 4.78 is 1.04. The lowest BCUT2D eigenvalue weighted by molar-refractivity contribution is -0.139. The third-order valence-electron chi connectivity index (χ3n) is 2.53. The lowest BCUT2D eigenvalue weighted by Gasteiger charge is -2.14. The first-order valence-electron chi connectivity index (χ1n) is 5.51. The Morgan fingerprint density at radius 2 is 2.11 bits per heavy atom. The highest BCUT2D eigenvalue weighted by molar-refractivity contribution is 14.1. The van der Waals surface area contributed by atoms with Gasteiger partial charge in [-0.3, -0.25) is 0 Å². The van der Waals surface area contributed by atoms with E-state index >= 15 is 0 Å². The van der Waals surface area contributed by atoms with Crippen molar-refractivity contribution in [2.24, 2.45) is 0 Å². The van der Waals surface area contributed by atoms with Gasteiger partial charge in [0.1, 0.15) is 6.04 Å². The Morgan fingerprint density at radius 1 is 1.44 bits per heavy atom. The molecule has 1 atom stereocenters. The molecule has 0 fully saturated rings. The minimum absolute atomic E-state index is 0.341. The highest BCUT2D eigenvalue weighted by Gasteiger charge is 2.17. The summed E-state index contributed by atoms with van der Waals surface area (Å²) in [4.78, 5) is 22.5. The van der Waals surface area contributed by atoms with E-state index in [9.17, 15) is 9.59 Å². The summed E-state index contributed by atoms with van der Waals surface area (Å²) in [6.45, 7) is 3.60. The van der Waals surface area contributed by atoms with Crippen molar-refractivity contribution in [1.82, 2.24) is 5.32 Å². The number of hydrogen-bond acceptors (Lipinski definition) is 2. The van der Waals surface area contributed by atoms with Gasteiger partial charge < -0.3 is 15.7 Å². The highest BCUT2D eigenvalue weighted by Crippen LogP contribution is 2.20. The SMILES string of the molecule is CC[C@H](NC(=O)Nc1cccc(I)c1C)C(=O)O. The fourth-order valence-corrected chi connectivity index (χ4v) is 1.90. The van der Waals surface area contributed by atoms with Gasteiger partial charge in [0.2, 0.25) is 0 Å². The van der Waals surface area contributed by atoms with Gasteiger partial charge in [0.05, 0.1) is 0 Å². The Bertz CT molecular complexity index is 463. The van der Waals surface area contributed by atoms with E-state index in [4.69, 9.17) is 5.11 Å². The number of aliphatic carboxylic acids is 1. The highest BCUT2D eigenvalue weighted by atomic mass is 127. The van der Waals surface area contributed by atoms with Crippen molar-refractivity contribution >= 4 is 40.3 Å². The average molecular weight is 362 g/mol. The van der Waals surface area contributed by atoms with Crippen molar-refractivity contribution in [3.8, 4) is 0 Å². The van der Waals surface area contributed by atoms with Crippen LogP contribution >= 0.6 is 22.6 Å². The van der Waals surface area contributed by atoms with Gasteiger partial charge >= 0.3 is 12.0 Å². The number of carboxylic acids is 1. The van der Waals surface area contributed by atoms with Gasteiger partial charge in [0.15, 0.2) is 0 Å². The minimum Gasteiger partial charge on any atom is -0.480 e. The molecule has 0 aliphatic carbocycles. The second-order valence-corrected chi connectivity index (χ2v) is 4.97. The van der Waals surface area contributed by atoms with Crippen molar-refractivity contribution < 1.29 is 14.7 Å². The van der Waals surface area contributed by atoms with E-state index in [0.717, 1.165) is 9.13 Å². The number of carbonyl (C=O) groups excluding carboxylic acids is 1. The van der Waals surface area contributed by atoms with Crippen LogP contribution in [0.1, 0.15) is 18.9 Å². The van der Waals surface area contributed by atoms with E-state index in [2.05, 4.69) is 33.2 Å². The van der Waals surface area contributed by atoms with E-state index in [0.29, 0.717) is 12.1 Å². The summed E-state index contributed by atoms with van der Waals surface area (Å²) in [6, 6.07) is 4.17. The van der Waals surface area contributed by atoms with Crippen LogP contribution in [0.3, 0.4) is 0 Å². The first-order chi connectivity index (χ1) is 8.45. The lowest BCUT2D eigenvalue weighted by Crippen LogP contribution is -2.42. The Balaban J connectivity index is 2.70. The zero-order chi connectivity index (χ0) is 13.7. The number of anilines is 1. The molecule has 0 aliphatic rings. The molecule has 6 heteroatoms.